The lowest BCUT2D eigenvalue weighted by Gasteiger charge is -2.09. The van der Waals surface area contributed by atoms with Crippen molar-refractivity contribution in [2.24, 2.45) is 0 Å². The van der Waals surface area contributed by atoms with Gasteiger partial charge in [-0.1, -0.05) is 11.6 Å². The minimum Gasteiger partial charge on any atom is -0.493 e. The van der Waals surface area contributed by atoms with Crippen LogP contribution in [0.4, 0.5) is 5.82 Å². The van der Waals surface area contributed by atoms with E-state index in [1.54, 1.807) is 24.1 Å². The molecule has 0 fully saturated rings. The first-order chi connectivity index (χ1) is 8.17. The first-order valence-corrected chi connectivity index (χ1v) is 5.56. The molecule has 0 bridgehead atoms. The lowest BCUT2D eigenvalue weighted by atomic mass is 10.2. The van der Waals surface area contributed by atoms with Gasteiger partial charge in [0.1, 0.15) is 11.5 Å². The number of aromatic nitrogens is 3. The van der Waals surface area contributed by atoms with Crippen molar-refractivity contribution >= 4 is 17.4 Å². The second kappa shape index (κ2) is 4.63. The molecule has 2 rings (SSSR count). The van der Waals surface area contributed by atoms with Gasteiger partial charge in [0.05, 0.1) is 18.3 Å². The van der Waals surface area contributed by atoms with Gasteiger partial charge in [-0.15, -0.1) is 0 Å². The van der Waals surface area contributed by atoms with Crippen molar-refractivity contribution in [3.8, 4) is 17.0 Å². The number of ether oxygens (including phenoxy) is 1. The molecule has 6 heteroatoms. The Labute approximate surface area is 104 Å². The molecule has 0 spiro atoms. The number of methoxy groups -OCH3 is 1. The van der Waals surface area contributed by atoms with Crippen LogP contribution in [0.1, 0.15) is 6.92 Å². The maximum Gasteiger partial charge on any atom is 0.164 e. The van der Waals surface area contributed by atoms with Crippen LogP contribution in [0.15, 0.2) is 18.5 Å². The fraction of sp³-hybridized carbons (Fsp3) is 0.273. The van der Waals surface area contributed by atoms with Crippen molar-refractivity contribution in [2.45, 2.75) is 13.5 Å². The average Bonchev–Trinajstić information content (AvgIpc) is 2.74. The van der Waals surface area contributed by atoms with Gasteiger partial charge in [-0.05, 0) is 13.0 Å². The summed E-state index contributed by atoms with van der Waals surface area (Å²) in [7, 11) is 1.59. The Kier molecular flexibility index (Phi) is 3.19. The van der Waals surface area contributed by atoms with Gasteiger partial charge in [0.25, 0.3) is 0 Å². The van der Waals surface area contributed by atoms with E-state index in [2.05, 4.69) is 10.1 Å². The Hall–Kier alpha value is -1.75. The van der Waals surface area contributed by atoms with Crippen molar-refractivity contribution < 1.29 is 4.74 Å². The molecule has 0 amide bonds. The molecule has 2 aromatic rings. The summed E-state index contributed by atoms with van der Waals surface area (Å²) in [6.45, 7) is 2.70. The minimum absolute atomic E-state index is 0.405. The highest BCUT2D eigenvalue weighted by molar-refractivity contribution is 6.30. The normalized spacial score (nSPS) is 10.5. The third-order valence-corrected chi connectivity index (χ3v) is 2.67. The zero-order chi connectivity index (χ0) is 12.4. The summed E-state index contributed by atoms with van der Waals surface area (Å²) >= 11 is 5.94. The number of hydrogen-bond acceptors (Lipinski definition) is 4. The Morgan fingerprint density at radius 1 is 1.47 bits per heavy atom. The van der Waals surface area contributed by atoms with Crippen LogP contribution < -0.4 is 10.5 Å². The van der Waals surface area contributed by atoms with Gasteiger partial charge in [-0.25, -0.2) is 4.98 Å². The van der Waals surface area contributed by atoms with Gasteiger partial charge in [0.2, 0.25) is 0 Å². The first-order valence-electron chi connectivity index (χ1n) is 5.18. The smallest absolute Gasteiger partial charge is 0.164 e. The summed E-state index contributed by atoms with van der Waals surface area (Å²) < 4.78 is 7.06. The summed E-state index contributed by atoms with van der Waals surface area (Å²) in [6.07, 6.45) is 3.17. The molecule has 0 aliphatic rings. The van der Waals surface area contributed by atoms with Gasteiger partial charge in [-0.3, -0.25) is 4.68 Å². The number of anilines is 1. The maximum atomic E-state index is 5.94. The second-order valence-electron chi connectivity index (χ2n) is 3.46. The highest BCUT2D eigenvalue weighted by Crippen LogP contribution is 2.34. The second-order valence-corrected chi connectivity index (χ2v) is 3.90. The number of nitrogens with zero attached hydrogens (tertiary/aromatic N) is 3. The molecule has 17 heavy (non-hydrogen) atoms. The third-order valence-electron chi connectivity index (χ3n) is 2.47. The minimum atomic E-state index is 0.405. The van der Waals surface area contributed by atoms with Gasteiger partial charge in [0, 0.05) is 18.3 Å². The monoisotopic (exact) mass is 252 g/mol. The lowest BCUT2D eigenvalue weighted by Crippen LogP contribution is -2.03. The van der Waals surface area contributed by atoms with Crippen LogP contribution in [0, 0.1) is 0 Å². The molecule has 2 N–H and O–H groups in total. The number of aryl methyl sites for hydroxylation is 1. The number of rotatable bonds is 3. The van der Waals surface area contributed by atoms with Crippen LogP contribution in [0.25, 0.3) is 11.3 Å². The summed E-state index contributed by atoms with van der Waals surface area (Å²) in [5.74, 6) is 1.06. The predicted octanol–water partition coefficient (Wildman–Crippen LogP) is 2.21. The van der Waals surface area contributed by atoms with E-state index in [1.165, 1.54) is 6.20 Å². The van der Waals surface area contributed by atoms with E-state index in [1.807, 2.05) is 6.92 Å². The highest BCUT2D eigenvalue weighted by Gasteiger charge is 2.16. The molecule has 0 saturated carbocycles. The SMILES string of the molecule is CCn1ncc(OC)c1-c1cc(Cl)cnc1N. The number of nitrogens with two attached hydrogens (primary N) is 1. The molecule has 0 atom stereocenters. The van der Waals surface area contributed by atoms with Crippen LogP contribution in [-0.2, 0) is 6.54 Å². The standard InChI is InChI=1S/C11H13ClN4O/c1-3-16-10(9(17-2)6-15-16)8-4-7(12)5-14-11(8)13/h4-6H,3H2,1-2H3,(H2,13,14). The number of pyridine rings is 1. The molecule has 0 aliphatic carbocycles. The van der Waals surface area contributed by atoms with E-state index in [-0.39, 0.29) is 0 Å². The fourth-order valence-electron chi connectivity index (χ4n) is 1.67. The summed E-state index contributed by atoms with van der Waals surface area (Å²) in [5, 5.41) is 4.75. The summed E-state index contributed by atoms with van der Waals surface area (Å²) in [6, 6.07) is 1.76. The number of nitrogen functional groups attached to an aromatic ring is 1. The number of halogens is 1. The Morgan fingerprint density at radius 3 is 2.88 bits per heavy atom. The molecule has 2 heterocycles. The topological polar surface area (TPSA) is 66.0 Å². The van der Waals surface area contributed by atoms with E-state index in [9.17, 15) is 0 Å². The van der Waals surface area contributed by atoms with E-state index in [0.717, 1.165) is 11.3 Å². The van der Waals surface area contributed by atoms with Gasteiger partial charge < -0.3 is 10.5 Å². The average molecular weight is 253 g/mol. The maximum absolute atomic E-state index is 5.94. The van der Waals surface area contributed by atoms with Crippen LogP contribution in [0.5, 0.6) is 5.75 Å². The van der Waals surface area contributed by atoms with Crippen molar-refractivity contribution in [1.82, 2.24) is 14.8 Å². The molecule has 90 valence electrons. The first kappa shape index (κ1) is 11.7. The van der Waals surface area contributed by atoms with E-state index < -0.39 is 0 Å². The van der Waals surface area contributed by atoms with Crippen molar-refractivity contribution in [3.63, 3.8) is 0 Å². The van der Waals surface area contributed by atoms with E-state index >= 15 is 0 Å². The molecule has 0 radical (unpaired) electrons. The molecular weight excluding hydrogens is 240 g/mol. The van der Waals surface area contributed by atoms with E-state index in [0.29, 0.717) is 23.1 Å². The molecule has 5 nitrogen and oxygen atoms in total. The quantitative estimate of drug-likeness (QED) is 0.910. The zero-order valence-corrected chi connectivity index (χ0v) is 10.4. The third kappa shape index (κ3) is 2.06. The van der Waals surface area contributed by atoms with Crippen LogP contribution in [-0.4, -0.2) is 21.9 Å². The summed E-state index contributed by atoms with van der Waals surface area (Å²) in [5.41, 5.74) is 7.39. The van der Waals surface area contributed by atoms with Crippen LogP contribution in [0.3, 0.4) is 0 Å². The molecule has 0 unspecified atom stereocenters. The largest absolute Gasteiger partial charge is 0.493 e. The van der Waals surface area contributed by atoms with Gasteiger partial charge in [0.15, 0.2) is 5.75 Å². The molecular formula is C11H13ClN4O. The van der Waals surface area contributed by atoms with Gasteiger partial charge >= 0.3 is 0 Å². The molecule has 0 aliphatic heterocycles. The van der Waals surface area contributed by atoms with Crippen molar-refractivity contribution in [3.05, 3.63) is 23.5 Å². The highest BCUT2D eigenvalue weighted by atomic mass is 35.5. The Bertz CT molecular complexity index is 517. The molecule has 0 aromatic carbocycles. The molecule has 0 saturated heterocycles. The van der Waals surface area contributed by atoms with Crippen molar-refractivity contribution in [2.75, 3.05) is 12.8 Å². The zero-order valence-electron chi connectivity index (χ0n) is 9.64. The van der Waals surface area contributed by atoms with Gasteiger partial charge in [-0.2, -0.15) is 5.10 Å². The van der Waals surface area contributed by atoms with Crippen LogP contribution in [0.2, 0.25) is 5.02 Å². The van der Waals surface area contributed by atoms with Crippen LogP contribution >= 0.6 is 11.6 Å². The van der Waals surface area contributed by atoms with Crippen molar-refractivity contribution in [1.29, 1.82) is 0 Å². The number of hydrogen-bond donors (Lipinski definition) is 1. The Balaban J connectivity index is 2.65. The lowest BCUT2D eigenvalue weighted by molar-refractivity contribution is 0.416. The fourth-order valence-corrected chi connectivity index (χ4v) is 1.83. The Morgan fingerprint density at radius 2 is 2.24 bits per heavy atom. The molecule has 2 aromatic heterocycles. The van der Waals surface area contributed by atoms with E-state index in [4.69, 9.17) is 22.1 Å². The summed E-state index contributed by atoms with van der Waals surface area (Å²) in [4.78, 5) is 4.03. The predicted molar refractivity (Wildman–Crippen MR) is 67.1 cm³/mol.